The summed E-state index contributed by atoms with van der Waals surface area (Å²) in [6, 6.07) is 2.99. The molecule has 0 unspecified atom stereocenters. The van der Waals surface area contributed by atoms with Crippen LogP contribution in [0.2, 0.25) is 0 Å². The van der Waals surface area contributed by atoms with E-state index in [0.29, 0.717) is 6.54 Å². The minimum atomic E-state index is -4.47. The van der Waals surface area contributed by atoms with Crippen LogP contribution in [0.1, 0.15) is 19.4 Å². The predicted molar refractivity (Wildman–Crippen MR) is 71.8 cm³/mol. The number of aromatic nitrogens is 3. The highest BCUT2D eigenvalue weighted by Gasteiger charge is 2.31. The third-order valence-corrected chi connectivity index (χ3v) is 2.77. The lowest BCUT2D eigenvalue weighted by atomic mass is 10.2. The molecule has 0 aliphatic rings. The fraction of sp³-hybridized carbons (Fsp3) is 0.462. The number of nitrogens with zero attached hydrogens (tertiary/aromatic N) is 3. The molecule has 1 amide bonds. The van der Waals surface area contributed by atoms with Crippen molar-refractivity contribution in [2.45, 2.75) is 20.0 Å². The van der Waals surface area contributed by atoms with Crippen LogP contribution in [0.4, 0.5) is 13.2 Å². The zero-order valence-corrected chi connectivity index (χ0v) is 12.0. The van der Waals surface area contributed by atoms with Gasteiger partial charge in [0.25, 0.3) is 5.91 Å². The number of carbonyl (C=O) groups is 1. The van der Waals surface area contributed by atoms with Gasteiger partial charge in [0.05, 0.1) is 5.56 Å². The molecule has 2 rings (SSSR count). The lowest BCUT2D eigenvalue weighted by Crippen LogP contribution is -2.34. The second kappa shape index (κ2) is 6.20. The topological polar surface area (TPSA) is 69.0 Å². The molecule has 2 aromatic rings. The minimum Gasteiger partial charge on any atom is -0.385 e. The van der Waals surface area contributed by atoms with E-state index < -0.39 is 11.7 Å². The first-order valence-electron chi connectivity index (χ1n) is 6.60. The molecule has 6 nitrogen and oxygen atoms in total. The van der Waals surface area contributed by atoms with E-state index in [1.54, 1.807) is 0 Å². The summed E-state index contributed by atoms with van der Waals surface area (Å²) in [6.07, 6.45) is -4.47. The summed E-state index contributed by atoms with van der Waals surface area (Å²) in [5, 5.41) is 9.89. The largest absolute Gasteiger partial charge is 0.416 e. The van der Waals surface area contributed by atoms with Crippen molar-refractivity contribution < 1.29 is 22.8 Å². The quantitative estimate of drug-likeness (QED) is 0.911. The summed E-state index contributed by atoms with van der Waals surface area (Å²) in [7, 11) is 0. The van der Waals surface area contributed by atoms with Gasteiger partial charge in [-0.3, -0.25) is 4.79 Å². The van der Waals surface area contributed by atoms with E-state index >= 15 is 0 Å². The summed E-state index contributed by atoms with van der Waals surface area (Å²) in [4.78, 5) is 17.4. The Balaban J connectivity index is 2.10. The number of amides is 1. The minimum absolute atomic E-state index is 0.0477. The summed E-state index contributed by atoms with van der Waals surface area (Å²) in [5.41, 5.74) is -0.543. The van der Waals surface area contributed by atoms with E-state index in [0.717, 1.165) is 17.0 Å². The smallest absolute Gasteiger partial charge is 0.385 e. The first-order chi connectivity index (χ1) is 10.3. The molecule has 1 aromatic heterocycles. The average Bonchev–Trinajstić information content (AvgIpc) is 2.84. The number of nitrogens with one attached hydrogen (secondary N) is 1. The lowest BCUT2D eigenvalue weighted by molar-refractivity contribution is -0.137. The Morgan fingerprint density at radius 1 is 1.41 bits per heavy atom. The Hall–Kier alpha value is -2.32. The first-order valence-corrected chi connectivity index (χ1v) is 6.60. The molecule has 0 radical (unpaired) electrons. The van der Waals surface area contributed by atoms with E-state index in [1.165, 1.54) is 6.07 Å². The van der Waals surface area contributed by atoms with Gasteiger partial charge in [0.2, 0.25) is 0 Å². The Labute approximate surface area is 124 Å². The number of rotatable bonds is 5. The van der Waals surface area contributed by atoms with Gasteiger partial charge in [0.15, 0.2) is 6.61 Å². The zero-order chi connectivity index (χ0) is 16.3. The van der Waals surface area contributed by atoms with Crippen LogP contribution in [0.15, 0.2) is 18.2 Å². The predicted octanol–water partition coefficient (Wildman–Crippen LogP) is 1.65. The van der Waals surface area contributed by atoms with E-state index in [-0.39, 0.29) is 29.5 Å². The molecule has 1 N–H and O–H groups in total. The molecule has 120 valence electrons. The molecule has 0 spiro atoms. The second-order valence-corrected chi connectivity index (χ2v) is 5.13. The highest BCUT2D eigenvalue weighted by atomic mass is 19.4. The molecule has 1 aromatic carbocycles. The van der Waals surface area contributed by atoms with Crippen LogP contribution in [0.3, 0.4) is 0 Å². The van der Waals surface area contributed by atoms with Crippen LogP contribution < -0.4 is 10.2 Å². The summed E-state index contributed by atoms with van der Waals surface area (Å²) in [6.45, 7) is 4.00. The van der Waals surface area contributed by atoms with Gasteiger partial charge in [-0.15, -0.1) is 5.10 Å². The molecule has 0 atom stereocenters. The number of halogens is 3. The van der Waals surface area contributed by atoms with Gasteiger partial charge < -0.3 is 10.2 Å². The molecule has 0 saturated carbocycles. The summed E-state index contributed by atoms with van der Waals surface area (Å²) < 4.78 is 38.1. The van der Waals surface area contributed by atoms with Gasteiger partial charge >= 0.3 is 6.18 Å². The monoisotopic (exact) mass is 316 g/mol. The van der Waals surface area contributed by atoms with Crippen molar-refractivity contribution in [1.82, 2.24) is 20.5 Å². The van der Waals surface area contributed by atoms with E-state index in [9.17, 15) is 18.0 Å². The van der Waals surface area contributed by atoms with Crippen molar-refractivity contribution in [2.75, 3.05) is 13.2 Å². The molecule has 22 heavy (non-hydrogen) atoms. The fourth-order valence-corrected chi connectivity index (χ4v) is 1.66. The SMILES string of the molecule is CC(C)CNC(=O)COn1nnc2ccc(C(F)(F)F)cc21. The van der Waals surface area contributed by atoms with E-state index in [1.807, 2.05) is 13.8 Å². The van der Waals surface area contributed by atoms with Crippen molar-refractivity contribution in [3.8, 4) is 0 Å². The van der Waals surface area contributed by atoms with Crippen LogP contribution in [0.5, 0.6) is 0 Å². The molecule has 0 bridgehead atoms. The van der Waals surface area contributed by atoms with Gasteiger partial charge in [-0.2, -0.15) is 13.2 Å². The molecule has 1 heterocycles. The van der Waals surface area contributed by atoms with Crippen molar-refractivity contribution in [3.63, 3.8) is 0 Å². The van der Waals surface area contributed by atoms with Gasteiger partial charge in [-0.05, 0) is 29.3 Å². The lowest BCUT2D eigenvalue weighted by Gasteiger charge is -2.09. The third-order valence-electron chi connectivity index (χ3n) is 2.77. The second-order valence-electron chi connectivity index (χ2n) is 5.13. The number of benzene rings is 1. The Morgan fingerprint density at radius 2 is 2.14 bits per heavy atom. The van der Waals surface area contributed by atoms with Crippen LogP contribution in [-0.2, 0) is 11.0 Å². The number of fused-ring (bicyclic) bond motifs is 1. The standard InChI is InChI=1S/C13H15F3N4O2/c1-8(2)6-17-12(21)7-22-20-11-5-9(13(14,15)16)3-4-10(11)18-19-20/h3-5,8H,6-7H2,1-2H3,(H,17,21). The van der Waals surface area contributed by atoms with Gasteiger partial charge in [0.1, 0.15) is 11.0 Å². The zero-order valence-electron chi connectivity index (χ0n) is 12.0. The molecule has 9 heteroatoms. The van der Waals surface area contributed by atoms with E-state index in [2.05, 4.69) is 15.6 Å². The van der Waals surface area contributed by atoms with Crippen molar-refractivity contribution in [3.05, 3.63) is 23.8 Å². The maximum Gasteiger partial charge on any atom is 0.416 e. The first kappa shape index (κ1) is 16.1. The van der Waals surface area contributed by atoms with Crippen molar-refractivity contribution >= 4 is 16.9 Å². The van der Waals surface area contributed by atoms with Crippen LogP contribution in [-0.4, -0.2) is 34.2 Å². The number of carbonyl (C=O) groups excluding carboxylic acids is 1. The molecular formula is C13H15F3N4O2. The molecule has 0 aliphatic carbocycles. The van der Waals surface area contributed by atoms with Gasteiger partial charge in [-0.1, -0.05) is 18.7 Å². The Bertz CT molecular complexity index is 667. The number of hydrogen-bond donors (Lipinski definition) is 1. The van der Waals surface area contributed by atoms with Crippen LogP contribution in [0.25, 0.3) is 11.0 Å². The van der Waals surface area contributed by atoms with Crippen molar-refractivity contribution in [2.24, 2.45) is 5.92 Å². The van der Waals surface area contributed by atoms with Crippen LogP contribution >= 0.6 is 0 Å². The van der Waals surface area contributed by atoms with Gasteiger partial charge in [0, 0.05) is 6.54 Å². The Kier molecular flexibility index (Phi) is 4.53. The maximum atomic E-state index is 12.7. The third kappa shape index (κ3) is 3.86. The van der Waals surface area contributed by atoms with Gasteiger partial charge in [-0.25, -0.2) is 0 Å². The highest BCUT2D eigenvalue weighted by Crippen LogP contribution is 2.30. The number of alkyl halides is 3. The van der Waals surface area contributed by atoms with Crippen LogP contribution in [0, 0.1) is 5.92 Å². The highest BCUT2D eigenvalue weighted by molar-refractivity contribution is 5.77. The summed E-state index contributed by atoms with van der Waals surface area (Å²) in [5.74, 6) is -0.102. The average molecular weight is 316 g/mol. The molecular weight excluding hydrogens is 301 g/mol. The molecule has 0 aliphatic heterocycles. The number of hydrogen-bond acceptors (Lipinski definition) is 4. The molecule has 0 fully saturated rings. The Morgan fingerprint density at radius 3 is 2.77 bits per heavy atom. The maximum absolute atomic E-state index is 12.7. The normalized spacial score (nSPS) is 11.9. The summed E-state index contributed by atoms with van der Waals surface area (Å²) >= 11 is 0. The fourth-order valence-electron chi connectivity index (χ4n) is 1.66. The molecule has 0 saturated heterocycles. The van der Waals surface area contributed by atoms with Crippen molar-refractivity contribution in [1.29, 1.82) is 0 Å². The van der Waals surface area contributed by atoms with E-state index in [4.69, 9.17) is 4.84 Å².